The molecule has 0 atom stereocenters. The molecule has 17 heavy (non-hydrogen) atoms. The summed E-state index contributed by atoms with van der Waals surface area (Å²) < 4.78 is 28.6. The molecular weight excluding hydrogens is 250 g/mol. The van der Waals surface area contributed by atoms with Crippen molar-refractivity contribution in [2.75, 3.05) is 32.5 Å². The Morgan fingerprint density at radius 1 is 1.24 bits per heavy atom. The van der Waals surface area contributed by atoms with E-state index >= 15 is 0 Å². The summed E-state index contributed by atoms with van der Waals surface area (Å²) in [6, 6.07) is -0.621. The molecule has 2 amide bonds. The van der Waals surface area contributed by atoms with Gasteiger partial charge >= 0.3 is 12.0 Å². The molecule has 0 aliphatic rings. The van der Waals surface area contributed by atoms with E-state index < -0.39 is 22.0 Å². The summed E-state index contributed by atoms with van der Waals surface area (Å²) in [5, 5.41) is 4.53. The summed E-state index contributed by atoms with van der Waals surface area (Å²) in [7, 11) is -2.05. The fourth-order valence-corrected chi connectivity index (χ4v) is 1.40. The molecule has 0 fully saturated rings. The number of carbonyl (C=O) groups is 2. The number of sulfonamides is 1. The molecule has 0 aromatic rings. The minimum atomic E-state index is -3.34. The van der Waals surface area contributed by atoms with Crippen LogP contribution in [0.1, 0.15) is 6.92 Å². The molecule has 0 saturated heterocycles. The van der Waals surface area contributed by atoms with Gasteiger partial charge in [-0.1, -0.05) is 0 Å². The molecule has 100 valence electrons. The zero-order valence-corrected chi connectivity index (χ0v) is 10.6. The highest BCUT2D eigenvalue weighted by Gasteiger charge is 2.08. The van der Waals surface area contributed by atoms with Gasteiger partial charge in [-0.2, -0.15) is 0 Å². The molecule has 0 spiro atoms. The van der Waals surface area contributed by atoms with Gasteiger partial charge in [-0.25, -0.2) is 17.9 Å². The Hall–Kier alpha value is -1.35. The van der Waals surface area contributed by atoms with Crippen LogP contribution in [-0.4, -0.2) is 52.9 Å². The van der Waals surface area contributed by atoms with Gasteiger partial charge in [0.25, 0.3) is 0 Å². The number of carbonyl (C=O) groups excluding carboxylic acids is 2. The average molecular weight is 267 g/mol. The van der Waals surface area contributed by atoms with E-state index in [2.05, 4.69) is 20.1 Å². The lowest BCUT2D eigenvalue weighted by Gasteiger charge is -2.07. The SMILES string of the molecule is CCOC(=O)CNC(=O)NCCS(=O)(=O)NC. The Kier molecular flexibility index (Phi) is 7.22. The van der Waals surface area contributed by atoms with Gasteiger partial charge in [-0.15, -0.1) is 0 Å². The minimum Gasteiger partial charge on any atom is -0.465 e. The van der Waals surface area contributed by atoms with Crippen LogP contribution in [0.5, 0.6) is 0 Å². The lowest BCUT2D eigenvalue weighted by atomic mass is 10.6. The fraction of sp³-hybridized carbons (Fsp3) is 0.750. The van der Waals surface area contributed by atoms with Crippen molar-refractivity contribution in [3.05, 3.63) is 0 Å². The van der Waals surface area contributed by atoms with E-state index in [1.807, 2.05) is 0 Å². The van der Waals surface area contributed by atoms with Gasteiger partial charge in [-0.3, -0.25) is 4.79 Å². The van der Waals surface area contributed by atoms with Crippen molar-refractivity contribution in [3.8, 4) is 0 Å². The van der Waals surface area contributed by atoms with Gasteiger partial charge in [0.1, 0.15) is 6.54 Å². The van der Waals surface area contributed by atoms with Crippen LogP contribution in [0.25, 0.3) is 0 Å². The van der Waals surface area contributed by atoms with Crippen LogP contribution in [0.2, 0.25) is 0 Å². The maximum atomic E-state index is 11.1. The van der Waals surface area contributed by atoms with Crippen LogP contribution in [0, 0.1) is 0 Å². The highest BCUT2D eigenvalue weighted by molar-refractivity contribution is 7.89. The van der Waals surface area contributed by atoms with E-state index in [9.17, 15) is 18.0 Å². The monoisotopic (exact) mass is 267 g/mol. The predicted molar refractivity (Wildman–Crippen MR) is 60.9 cm³/mol. The van der Waals surface area contributed by atoms with E-state index in [1.165, 1.54) is 7.05 Å². The molecule has 0 aliphatic heterocycles. The smallest absolute Gasteiger partial charge is 0.325 e. The van der Waals surface area contributed by atoms with Gasteiger partial charge in [-0.05, 0) is 14.0 Å². The van der Waals surface area contributed by atoms with Crippen LogP contribution in [0.15, 0.2) is 0 Å². The van der Waals surface area contributed by atoms with Crippen molar-refractivity contribution in [1.82, 2.24) is 15.4 Å². The van der Waals surface area contributed by atoms with Crippen molar-refractivity contribution in [1.29, 1.82) is 0 Å². The predicted octanol–water partition coefficient (Wildman–Crippen LogP) is -1.60. The van der Waals surface area contributed by atoms with Crippen LogP contribution < -0.4 is 15.4 Å². The van der Waals surface area contributed by atoms with Crippen LogP contribution in [-0.2, 0) is 19.6 Å². The second-order valence-corrected chi connectivity index (χ2v) is 4.98. The van der Waals surface area contributed by atoms with Gasteiger partial charge in [0.15, 0.2) is 0 Å². The minimum absolute atomic E-state index is 0.0438. The fourth-order valence-electron chi connectivity index (χ4n) is 0.828. The molecule has 0 radical (unpaired) electrons. The number of nitrogens with one attached hydrogen (secondary N) is 3. The Labute approximate surface area is 100 Å². The number of ether oxygens (including phenoxy) is 1. The van der Waals surface area contributed by atoms with Crippen molar-refractivity contribution < 1.29 is 22.7 Å². The molecule has 3 N–H and O–H groups in total. The summed E-state index contributed by atoms with van der Waals surface area (Å²) in [6.07, 6.45) is 0. The summed E-state index contributed by atoms with van der Waals surface area (Å²) in [4.78, 5) is 21.9. The molecule has 9 heteroatoms. The van der Waals surface area contributed by atoms with Gasteiger partial charge < -0.3 is 15.4 Å². The third-order valence-electron chi connectivity index (χ3n) is 1.67. The van der Waals surface area contributed by atoms with Crippen molar-refractivity contribution >= 4 is 22.0 Å². The number of hydrogen-bond donors (Lipinski definition) is 3. The second kappa shape index (κ2) is 7.85. The zero-order chi connectivity index (χ0) is 13.3. The van der Waals surface area contributed by atoms with Crippen molar-refractivity contribution in [2.45, 2.75) is 6.92 Å². The lowest BCUT2D eigenvalue weighted by molar-refractivity contribution is -0.141. The first-order valence-corrected chi connectivity index (χ1v) is 6.65. The van der Waals surface area contributed by atoms with E-state index in [0.717, 1.165) is 0 Å². The van der Waals surface area contributed by atoms with Crippen LogP contribution in [0.4, 0.5) is 4.79 Å². The normalized spacial score (nSPS) is 10.7. The highest BCUT2D eigenvalue weighted by atomic mass is 32.2. The third kappa shape index (κ3) is 8.46. The van der Waals surface area contributed by atoms with Crippen molar-refractivity contribution in [3.63, 3.8) is 0 Å². The maximum absolute atomic E-state index is 11.1. The Morgan fingerprint density at radius 2 is 1.88 bits per heavy atom. The first kappa shape index (κ1) is 15.7. The van der Waals surface area contributed by atoms with E-state index in [0.29, 0.717) is 0 Å². The van der Waals surface area contributed by atoms with E-state index in [-0.39, 0.29) is 25.4 Å². The topological polar surface area (TPSA) is 114 Å². The number of amides is 2. The Balaban J connectivity index is 3.71. The first-order valence-electron chi connectivity index (χ1n) is 4.99. The molecule has 0 unspecified atom stereocenters. The maximum Gasteiger partial charge on any atom is 0.325 e. The first-order chi connectivity index (χ1) is 7.91. The number of urea groups is 1. The Morgan fingerprint density at radius 3 is 2.41 bits per heavy atom. The number of rotatable bonds is 7. The molecule has 0 heterocycles. The Bertz CT molecular complexity index is 354. The van der Waals surface area contributed by atoms with Crippen LogP contribution >= 0.6 is 0 Å². The zero-order valence-electron chi connectivity index (χ0n) is 9.78. The molecule has 0 aromatic carbocycles. The lowest BCUT2D eigenvalue weighted by Crippen LogP contribution is -2.41. The molecule has 8 nitrogen and oxygen atoms in total. The quantitative estimate of drug-likeness (QED) is 0.481. The average Bonchev–Trinajstić information content (AvgIpc) is 2.26. The van der Waals surface area contributed by atoms with E-state index in [1.54, 1.807) is 6.92 Å². The van der Waals surface area contributed by atoms with E-state index in [4.69, 9.17) is 0 Å². The van der Waals surface area contributed by atoms with Gasteiger partial charge in [0.05, 0.1) is 12.4 Å². The molecule has 0 saturated carbocycles. The molecule has 0 aliphatic carbocycles. The third-order valence-corrected chi connectivity index (χ3v) is 3.03. The summed E-state index contributed by atoms with van der Waals surface area (Å²) >= 11 is 0. The van der Waals surface area contributed by atoms with Gasteiger partial charge in [0, 0.05) is 6.54 Å². The van der Waals surface area contributed by atoms with Crippen molar-refractivity contribution in [2.24, 2.45) is 0 Å². The number of esters is 1. The standard InChI is InChI=1S/C8H17N3O5S/c1-3-16-7(12)6-11-8(13)10-4-5-17(14,15)9-2/h9H,3-6H2,1-2H3,(H2,10,11,13). The largest absolute Gasteiger partial charge is 0.465 e. The summed E-state index contributed by atoms with van der Waals surface area (Å²) in [6.45, 7) is 1.60. The molecule has 0 rings (SSSR count). The second-order valence-electron chi connectivity index (χ2n) is 2.94. The molecule has 0 bridgehead atoms. The van der Waals surface area contributed by atoms with Crippen LogP contribution in [0.3, 0.4) is 0 Å². The summed E-state index contributed by atoms with van der Waals surface area (Å²) in [5.41, 5.74) is 0. The molecule has 0 aromatic heterocycles. The highest BCUT2D eigenvalue weighted by Crippen LogP contribution is 1.80. The summed E-state index contributed by atoms with van der Waals surface area (Å²) in [5.74, 6) is -0.776. The molecular formula is C8H17N3O5S. The van der Waals surface area contributed by atoms with Gasteiger partial charge in [0.2, 0.25) is 10.0 Å². The number of hydrogen-bond acceptors (Lipinski definition) is 5.